The van der Waals surface area contributed by atoms with Crippen LogP contribution in [0.5, 0.6) is 0 Å². The van der Waals surface area contributed by atoms with Gasteiger partial charge >= 0.3 is 6.09 Å². The standard InChI is InChI=1S/C13H22N2O4/c1-12(2,3)8-7-9(16)15(10(8)17)19-11(18)14-13(4,5)6/h8H,7H2,1-6H3,(H,14,18). The summed E-state index contributed by atoms with van der Waals surface area (Å²) in [5.74, 6) is -1.39. The molecule has 6 nitrogen and oxygen atoms in total. The summed E-state index contributed by atoms with van der Waals surface area (Å²) in [6, 6.07) is 0. The second-order valence-electron chi connectivity index (χ2n) is 6.90. The Labute approximate surface area is 113 Å². The van der Waals surface area contributed by atoms with E-state index in [-0.39, 0.29) is 11.8 Å². The lowest BCUT2D eigenvalue weighted by molar-refractivity contribution is -0.173. The first-order chi connectivity index (χ1) is 8.42. The van der Waals surface area contributed by atoms with Crippen LogP contribution in [-0.4, -0.2) is 28.5 Å². The van der Waals surface area contributed by atoms with E-state index in [1.807, 2.05) is 20.8 Å². The van der Waals surface area contributed by atoms with Gasteiger partial charge in [0.1, 0.15) is 0 Å². The summed E-state index contributed by atoms with van der Waals surface area (Å²) in [7, 11) is 0. The van der Waals surface area contributed by atoms with Gasteiger partial charge in [-0.05, 0) is 26.2 Å². The van der Waals surface area contributed by atoms with E-state index in [1.54, 1.807) is 20.8 Å². The average Bonchev–Trinajstić information content (AvgIpc) is 2.41. The minimum Gasteiger partial charge on any atom is -0.315 e. The van der Waals surface area contributed by atoms with Crippen molar-refractivity contribution in [1.29, 1.82) is 0 Å². The third-order valence-electron chi connectivity index (χ3n) is 2.80. The molecule has 1 N–H and O–H groups in total. The van der Waals surface area contributed by atoms with Gasteiger partial charge in [0.2, 0.25) is 0 Å². The summed E-state index contributed by atoms with van der Waals surface area (Å²) in [5.41, 5.74) is -0.836. The Morgan fingerprint density at radius 1 is 1.21 bits per heavy atom. The van der Waals surface area contributed by atoms with Crippen LogP contribution in [0.25, 0.3) is 0 Å². The van der Waals surface area contributed by atoms with Crippen LogP contribution >= 0.6 is 0 Å². The van der Waals surface area contributed by atoms with E-state index < -0.39 is 29.4 Å². The first-order valence-corrected chi connectivity index (χ1v) is 6.29. The number of amides is 3. The van der Waals surface area contributed by atoms with E-state index in [1.165, 1.54) is 0 Å². The summed E-state index contributed by atoms with van der Waals surface area (Å²) in [4.78, 5) is 40.2. The summed E-state index contributed by atoms with van der Waals surface area (Å²) < 4.78 is 0. The molecule has 1 rings (SSSR count). The minimum atomic E-state index is -0.802. The lowest BCUT2D eigenvalue weighted by Crippen LogP contribution is -2.45. The topological polar surface area (TPSA) is 75.7 Å². The fourth-order valence-corrected chi connectivity index (χ4v) is 1.79. The zero-order chi connectivity index (χ0) is 15.0. The Balaban J connectivity index is 2.73. The Morgan fingerprint density at radius 3 is 2.11 bits per heavy atom. The third kappa shape index (κ3) is 3.94. The summed E-state index contributed by atoms with van der Waals surface area (Å²) >= 11 is 0. The van der Waals surface area contributed by atoms with Crippen LogP contribution < -0.4 is 5.32 Å². The van der Waals surface area contributed by atoms with Crippen molar-refractivity contribution in [3.8, 4) is 0 Å². The summed E-state index contributed by atoms with van der Waals surface area (Å²) in [6.07, 6.45) is -0.728. The van der Waals surface area contributed by atoms with Gasteiger partial charge in [-0.1, -0.05) is 20.8 Å². The SMILES string of the molecule is CC(C)(C)NC(=O)ON1C(=O)CC(C(C)(C)C)C1=O. The quantitative estimate of drug-likeness (QED) is 0.738. The molecule has 1 fully saturated rings. The molecular weight excluding hydrogens is 248 g/mol. The highest BCUT2D eigenvalue weighted by Crippen LogP contribution is 2.35. The van der Waals surface area contributed by atoms with Crippen LogP contribution in [0, 0.1) is 11.3 Å². The molecule has 19 heavy (non-hydrogen) atoms. The largest absolute Gasteiger partial charge is 0.432 e. The molecule has 0 radical (unpaired) electrons. The molecule has 1 heterocycles. The fraction of sp³-hybridized carbons (Fsp3) is 0.769. The number of hydroxylamine groups is 2. The molecule has 1 unspecified atom stereocenters. The van der Waals surface area contributed by atoms with Crippen molar-refractivity contribution in [2.24, 2.45) is 11.3 Å². The van der Waals surface area contributed by atoms with Gasteiger partial charge in [-0.3, -0.25) is 9.59 Å². The highest BCUT2D eigenvalue weighted by molar-refractivity contribution is 6.03. The van der Waals surface area contributed by atoms with Gasteiger partial charge in [0.15, 0.2) is 0 Å². The molecule has 0 aromatic rings. The van der Waals surface area contributed by atoms with Crippen molar-refractivity contribution >= 4 is 17.9 Å². The van der Waals surface area contributed by atoms with Crippen molar-refractivity contribution < 1.29 is 19.2 Å². The lowest BCUT2D eigenvalue weighted by Gasteiger charge is -2.25. The molecule has 0 spiro atoms. The van der Waals surface area contributed by atoms with E-state index in [4.69, 9.17) is 4.84 Å². The Morgan fingerprint density at radius 2 is 1.74 bits per heavy atom. The van der Waals surface area contributed by atoms with Crippen molar-refractivity contribution in [3.05, 3.63) is 0 Å². The van der Waals surface area contributed by atoms with Gasteiger partial charge in [0, 0.05) is 12.0 Å². The molecule has 0 aromatic carbocycles. The van der Waals surface area contributed by atoms with Crippen LogP contribution in [-0.2, 0) is 14.4 Å². The molecule has 0 bridgehead atoms. The van der Waals surface area contributed by atoms with E-state index >= 15 is 0 Å². The molecule has 0 aliphatic carbocycles. The second-order valence-corrected chi connectivity index (χ2v) is 6.90. The summed E-state index contributed by atoms with van der Waals surface area (Å²) in [6.45, 7) is 11.0. The molecule has 1 atom stereocenters. The molecule has 0 aromatic heterocycles. The summed E-state index contributed by atoms with van der Waals surface area (Å²) in [5, 5.41) is 3.11. The van der Waals surface area contributed by atoms with Gasteiger partial charge in [-0.2, -0.15) is 0 Å². The average molecular weight is 270 g/mol. The maximum Gasteiger partial charge on any atom is 0.432 e. The zero-order valence-electron chi connectivity index (χ0n) is 12.4. The van der Waals surface area contributed by atoms with Gasteiger partial charge in [0.05, 0.1) is 5.92 Å². The minimum absolute atomic E-state index is 0.0745. The van der Waals surface area contributed by atoms with Crippen LogP contribution in [0.1, 0.15) is 48.0 Å². The Hall–Kier alpha value is -1.59. The predicted octanol–water partition coefficient (Wildman–Crippen LogP) is 1.85. The number of rotatable bonds is 1. The second kappa shape index (κ2) is 4.83. The number of carbonyl (C=O) groups is 3. The molecule has 3 amide bonds. The fourth-order valence-electron chi connectivity index (χ4n) is 1.79. The predicted molar refractivity (Wildman–Crippen MR) is 68.8 cm³/mol. The van der Waals surface area contributed by atoms with Gasteiger partial charge < -0.3 is 10.2 Å². The maximum atomic E-state index is 12.1. The number of nitrogens with zero attached hydrogens (tertiary/aromatic N) is 1. The number of nitrogens with one attached hydrogen (secondary N) is 1. The van der Waals surface area contributed by atoms with Crippen LogP contribution in [0.15, 0.2) is 0 Å². The first kappa shape index (κ1) is 15.5. The molecule has 6 heteroatoms. The normalized spacial score (nSPS) is 20.7. The van der Waals surface area contributed by atoms with Gasteiger partial charge in [-0.25, -0.2) is 4.79 Å². The van der Waals surface area contributed by atoms with Crippen molar-refractivity contribution in [3.63, 3.8) is 0 Å². The van der Waals surface area contributed by atoms with Gasteiger partial charge in [0.25, 0.3) is 11.8 Å². The van der Waals surface area contributed by atoms with Crippen molar-refractivity contribution in [2.45, 2.75) is 53.5 Å². The maximum absolute atomic E-state index is 12.1. The first-order valence-electron chi connectivity index (χ1n) is 6.29. The van der Waals surface area contributed by atoms with Crippen LogP contribution in [0.4, 0.5) is 4.79 Å². The van der Waals surface area contributed by atoms with E-state index in [0.717, 1.165) is 0 Å². The molecule has 1 saturated heterocycles. The Kier molecular flexibility index (Phi) is 3.93. The van der Waals surface area contributed by atoms with Crippen LogP contribution in [0.2, 0.25) is 0 Å². The van der Waals surface area contributed by atoms with Gasteiger partial charge in [-0.15, -0.1) is 5.06 Å². The van der Waals surface area contributed by atoms with Crippen LogP contribution in [0.3, 0.4) is 0 Å². The smallest absolute Gasteiger partial charge is 0.315 e. The number of hydrogen-bond donors (Lipinski definition) is 1. The number of hydrogen-bond acceptors (Lipinski definition) is 4. The lowest BCUT2D eigenvalue weighted by atomic mass is 9.80. The molecular formula is C13H22N2O4. The number of imide groups is 1. The molecule has 1 aliphatic heterocycles. The van der Waals surface area contributed by atoms with Crippen molar-refractivity contribution in [1.82, 2.24) is 10.4 Å². The monoisotopic (exact) mass is 270 g/mol. The van der Waals surface area contributed by atoms with E-state index in [9.17, 15) is 14.4 Å². The molecule has 0 saturated carbocycles. The molecule has 108 valence electrons. The van der Waals surface area contributed by atoms with E-state index in [2.05, 4.69) is 5.32 Å². The highest BCUT2D eigenvalue weighted by Gasteiger charge is 2.47. The van der Waals surface area contributed by atoms with Crippen molar-refractivity contribution in [2.75, 3.05) is 0 Å². The third-order valence-corrected chi connectivity index (χ3v) is 2.80. The Bertz CT molecular complexity index is 404. The van der Waals surface area contributed by atoms with E-state index in [0.29, 0.717) is 5.06 Å². The highest BCUT2D eigenvalue weighted by atomic mass is 16.7. The number of carbonyl (C=O) groups excluding carboxylic acids is 3. The molecule has 1 aliphatic rings. The zero-order valence-corrected chi connectivity index (χ0v) is 12.4.